The van der Waals surface area contributed by atoms with E-state index >= 15 is 0 Å². The van der Waals surface area contributed by atoms with Gasteiger partial charge < -0.3 is 13.8 Å². The minimum atomic E-state index is -0.315. The highest BCUT2D eigenvalue weighted by atomic mass is 19.1. The predicted molar refractivity (Wildman–Crippen MR) is 83.2 cm³/mol. The Morgan fingerprint density at radius 1 is 1.29 bits per heavy atom. The molecule has 124 valence electrons. The van der Waals surface area contributed by atoms with E-state index < -0.39 is 0 Å². The van der Waals surface area contributed by atoms with Gasteiger partial charge in [0, 0.05) is 26.4 Å². The van der Waals surface area contributed by atoms with Crippen molar-refractivity contribution in [1.82, 2.24) is 15.0 Å². The lowest BCUT2D eigenvalue weighted by atomic mass is 10.2. The molecule has 0 aliphatic heterocycles. The molecule has 7 heteroatoms. The first-order valence-electron chi connectivity index (χ1n) is 7.46. The van der Waals surface area contributed by atoms with Crippen molar-refractivity contribution in [3.8, 4) is 11.6 Å². The second kappa shape index (κ2) is 7.08. The normalized spacial score (nSPS) is 10.8. The van der Waals surface area contributed by atoms with Crippen LogP contribution in [0.25, 0.3) is 11.6 Å². The molecule has 2 aromatic heterocycles. The molecule has 2 heterocycles. The van der Waals surface area contributed by atoms with E-state index in [9.17, 15) is 9.18 Å². The second-order valence-corrected chi connectivity index (χ2v) is 5.37. The van der Waals surface area contributed by atoms with Gasteiger partial charge in [-0.1, -0.05) is 17.3 Å². The van der Waals surface area contributed by atoms with Gasteiger partial charge in [-0.05, 0) is 29.8 Å². The van der Waals surface area contributed by atoms with Gasteiger partial charge in [0.2, 0.25) is 17.6 Å². The maximum absolute atomic E-state index is 13.2. The van der Waals surface area contributed by atoms with Gasteiger partial charge >= 0.3 is 0 Å². The van der Waals surface area contributed by atoms with Crippen molar-refractivity contribution in [3.05, 3.63) is 59.9 Å². The van der Waals surface area contributed by atoms with Crippen molar-refractivity contribution in [1.29, 1.82) is 0 Å². The summed E-state index contributed by atoms with van der Waals surface area (Å²) in [6.45, 7) is 0.345. The van der Waals surface area contributed by atoms with Gasteiger partial charge in [-0.25, -0.2) is 4.39 Å². The molecule has 6 nitrogen and oxygen atoms in total. The molecule has 3 aromatic rings. The van der Waals surface area contributed by atoms with Gasteiger partial charge in [-0.15, -0.1) is 0 Å². The zero-order chi connectivity index (χ0) is 16.9. The average molecular weight is 329 g/mol. The van der Waals surface area contributed by atoms with Gasteiger partial charge in [0.25, 0.3) is 0 Å². The van der Waals surface area contributed by atoms with Crippen LogP contribution in [0.5, 0.6) is 0 Å². The highest BCUT2D eigenvalue weighted by Crippen LogP contribution is 2.16. The lowest BCUT2D eigenvalue weighted by Crippen LogP contribution is -2.26. The second-order valence-electron chi connectivity index (χ2n) is 5.37. The Morgan fingerprint density at radius 2 is 2.17 bits per heavy atom. The molecule has 0 saturated heterocycles. The molecule has 0 saturated carbocycles. The van der Waals surface area contributed by atoms with Gasteiger partial charge in [0.05, 0.1) is 6.26 Å². The minimum absolute atomic E-state index is 0.0861. The lowest BCUT2D eigenvalue weighted by molar-refractivity contribution is -0.130. The Labute approximate surface area is 137 Å². The molecule has 0 aliphatic carbocycles. The third-order valence-corrected chi connectivity index (χ3v) is 3.50. The number of benzene rings is 1. The molecule has 24 heavy (non-hydrogen) atoms. The number of carbonyl (C=O) groups excluding carboxylic acids is 1. The molecule has 0 fully saturated rings. The first-order valence-corrected chi connectivity index (χ1v) is 7.46. The van der Waals surface area contributed by atoms with Crippen molar-refractivity contribution in [2.45, 2.75) is 19.4 Å². The van der Waals surface area contributed by atoms with Crippen LogP contribution in [0, 0.1) is 5.82 Å². The fourth-order valence-corrected chi connectivity index (χ4v) is 2.26. The number of amides is 1. The number of nitrogens with zero attached hydrogens (tertiary/aromatic N) is 3. The molecule has 0 unspecified atom stereocenters. The summed E-state index contributed by atoms with van der Waals surface area (Å²) in [6, 6.07) is 9.65. The van der Waals surface area contributed by atoms with E-state index in [2.05, 4.69) is 10.1 Å². The van der Waals surface area contributed by atoms with Crippen molar-refractivity contribution in [2.24, 2.45) is 0 Å². The van der Waals surface area contributed by atoms with Crippen LogP contribution in [0.3, 0.4) is 0 Å². The third-order valence-electron chi connectivity index (χ3n) is 3.50. The van der Waals surface area contributed by atoms with E-state index in [4.69, 9.17) is 8.94 Å². The summed E-state index contributed by atoms with van der Waals surface area (Å²) in [5.74, 6) is 0.839. The number of aryl methyl sites for hydroxylation is 1. The summed E-state index contributed by atoms with van der Waals surface area (Å²) in [5.41, 5.74) is 0.740. The van der Waals surface area contributed by atoms with Crippen molar-refractivity contribution in [2.75, 3.05) is 7.05 Å². The Hall–Kier alpha value is -2.96. The number of furan rings is 1. The maximum Gasteiger partial charge on any atom is 0.238 e. The first kappa shape index (κ1) is 15.9. The standard InChI is InChI=1S/C17H16FN3O3/c1-21(11-12-4-2-5-13(18)10-12)16(22)8-7-15-19-17(20-24-15)14-6-3-9-23-14/h2-6,9-10H,7-8,11H2,1H3. The largest absolute Gasteiger partial charge is 0.461 e. The number of hydrogen-bond acceptors (Lipinski definition) is 5. The van der Waals surface area contributed by atoms with Crippen molar-refractivity contribution in [3.63, 3.8) is 0 Å². The van der Waals surface area contributed by atoms with Crippen molar-refractivity contribution < 1.29 is 18.1 Å². The molecule has 0 spiro atoms. The van der Waals surface area contributed by atoms with Gasteiger partial charge in [0.15, 0.2) is 5.76 Å². The molecule has 0 radical (unpaired) electrons. The zero-order valence-corrected chi connectivity index (χ0v) is 13.1. The molecule has 3 rings (SSSR count). The van der Waals surface area contributed by atoms with Crippen LogP contribution >= 0.6 is 0 Å². The molecule has 0 bridgehead atoms. The van der Waals surface area contributed by atoms with E-state index in [1.165, 1.54) is 18.4 Å². The molecular weight excluding hydrogens is 313 g/mol. The van der Waals surface area contributed by atoms with Crippen LogP contribution in [-0.4, -0.2) is 28.0 Å². The summed E-state index contributed by atoms with van der Waals surface area (Å²) < 4.78 is 23.5. The van der Waals surface area contributed by atoms with E-state index in [-0.39, 0.29) is 18.1 Å². The van der Waals surface area contributed by atoms with E-state index in [1.807, 2.05) is 0 Å². The third kappa shape index (κ3) is 3.87. The number of rotatable bonds is 6. The van der Waals surface area contributed by atoms with Crippen LogP contribution in [0.4, 0.5) is 4.39 Å². The zero-order valence-electron chi connectivity index (χ0n) is 13.1. The Kier molecular flexibility index (Phi) is 4.69. The minimum Gasteiger partial charge on any atom is -0.461 e. The topological polar surface area (TPSA) is 72.4 Å². The lowest BCUT2D eigenvalue weighted by Gasteiger charge is -2.16. The van der Waals surface area contributed by atoms with E-state index in [0.29, 0.717) is 30.4 Å². The Balaban J connectivity index is 1.53. The molecule has 1 amide bonds. The average Bonchev–Trinajstić information content (AvgIpc) is 3.23. The van der Waals surface area contributed by atoms with Gasteiger partial charge in [0.1, 0.15) is 5.82 Å². The van der Waals surface area contributed by atoms with Crippen LogP contribution in [0.15, 0.2) is 51.6 Å². The Morgan fingerprint density at radius 3 is 2.92 bits per heavy atom. The van der Waals surface area contributed by atoms with Crippen molar-refractivity contribution >= 4 is 5.91 Å². The van der Waals surface area contributed by atoms with Crippen LogP contribution in [-0.2, 0) is 17.8 Å². The summed E-state index contributed by atoms with van der Waals surface area (Å²) >= 11 is 0. The summed E-state index contributed by atoms with van der Waals surface area (Å²) in [4.78, 5) is 17.9. The highest BCUT2D eigenvalue weighted by molar-refractivity contribution is 5.76. The number of carbonyl (C=O) groups is 1. The predicted octanol–water partition coefficient (Wildman–Crippen LogP) is 3.06. The number of halogens is 1. The molecular formula is C17H16FN3O3. The fraction of sp³-hybridized carbons (Fsp3) is 0.235. The molecule has 0 N–H and O–H groups in total. The maximum atomic E-state index is 13.2. The smallest absolute Gasteiger partial charge is 0.238 e. The SMILES string of the molecule is CN(Cc1cccc(F)c1)C(=O)CCc1nc(-c2ccco2)no1. The fourth-order valence-electron chi connectivity index (χ4n) is 2.26. The quantitative estimate of drug-likeness (QED) is 0.695. The van der Waals surface area contributed by atoms with Gasteiger partial charge in [-0.2, -0.15) is 4.98 Å². The van der Waals surface area contributed by atoms with Crippen LogP contribution in [0.2, 0.25) is 0 Å². The van der Waals surface area contributed by atoms with E-state index in [0.717, 1.165) is 5.56 Å². The Bertz CT molecular complexity index is 814. The first-order chi connectivity index (χ1) is 11.6. The highest BCUT2D eigenvalue weighted by Gasteiger charge is 2.14. The molecule has 0 aliphatic rings. The summed E-state index contributed by atoms with van der Waals surface area (Å²) in [5, 5.41) is 3.81. The number of hydrogen-bond donors (Lipinski definition) is 0. The summed E-state index contributed by atoms with van der Waals surface area (Å²) in [7, 11) is 1.68. The monoisotopic (exact) mass is 329 g/mol. The number of aromatic nitrogens is 2. The van der Waals surface area contributed by atoms with E-state index in [1.54, 1.807) is 36.2 Å². The summed E-state index contributed by atoms with van der Waals surface area (Å²) in [6.07, 6.45) is 2.09. The van der Waals surface area contributed by atoms with Gasteiger partial charge in [-0.3, -0.25) is 4.79 Å². The molecule has 1 aromatic carbocycles. The van der Waals surface area contributed by atoms with Crippen LogP contribution < -0.4 is 0 Å². The van der Waals surface area contributed by atoms with Crippen LogP contribution in [0.1, 0.15) is 17.9 Å². The molecule has 0 atom stereocenters.